The van der Waals surface area contributed by atoms with Crippen molar-refractivity contribution in [3.8, 4) is 0 Å². The zero-order valence-corrected chi connectivity index (χ0v) is 16.6. The molecule has 2 aromatic carbocycles. The molecule has 0 aliphatic heterocycles. The van der Waals surface area contributed by atoms with Gasteiger partial charge < -0.3 is 9.88 Å². The number of nitrogens with zero attached hydrogens (tertiary/aromatic N) is 1. The van der Waals surface area contributed by atoms with E-state index in [9.17, 15) is 9.59 Å². The first kappa shape index (κ1) is 18.8. The molecule has 5 heteroatoms. The number of benzene rings is 2. The second-order valence-corrected chi connectivity index (χ2v) is 7.97. The highest BCUT2D eigenvalue weighted by Crippen LogP contribution is 2.28. The Bertz CT molecular complexity index is 1080. The van der Waals surface area contributed by atoms with E-state index in [-0.39, 0.29) is 24.1 Å². The van der Waals surface area contributed by atoms with Crippen LogP contribution < -0.4 is 5.56 Å². The number of aromatic nitrogens is 1. The van der Waals surface area contributed by atoms with E-state index in [1.165, 1.54) is 0 Å². The molecule has 0 saturated heterocycles. The highest BCUT2D eigenvalue weighted by atomic mass is 35.5. The minimum absolute atomic E-state index is 0.110. The third-order valence-electron chi connectivity index (χ3n) is 5.55. The number of hydrogen-bond acceptors (Lipinski definition) is 2. The molecule has 4 rings (SSSR count). The van der Waals surface area contributed by atoms with E-state index < -0.39 is 0 Å². The molecule has 1 N–H and O–H groups in total. The lowest BCUT2D eigenvalue weighted by atomic mass is 10.1. The van der Waals surface area contributed by atoms with Crippen LogP contribution in [-0.4, -0.2) is 21.8 Å². The van der Waals surface area contributed by atoms with E-state index in [0.29, 0.717) is 16.1 Å². The highest BCUT2D eigenvalue weighted by molar-refractivity contribution is 6.33. The largest absolute Gasteiger partial charge is 0.331 e. The number of rotatable bonds is 4. The average Bonchev–Trinajstić information content (AvgIpc) is 3.20. The van der Waals surface area contributed by atoms with Crippen molar-refractivity contribution in [1.82, 2.24) is 9.88 Å². The number of hydrogen-bond donors (Lipinski definition) is 1. The Balaban J connectivity index is 1.72. The van der Waals surface area contributed by atoms with Crippen LogP contribution in [0.4, 0.5) is 0 Å². The average molecular weight is 395 g/mol. The molecule has 1 saturated carbocycles. The van der Waals surface area contributed by atoms with Crippen molar-refractivity contribution in [1.29, 1.82) is 0 Å². The second-order valence-electron chi connectivity index (χ2n) is 7.57. The minimum atomic E-state index is -0.145. The number of halogens is 1. The molecule has 1 aliphatic rings. The summed E-state index contributed by atoms with van der Waals surface area (Å²) in [6, 6.07) is 15.1. The number of amides is 1. The molecule has 1 aromatic heterocycles. The summed E-state index contributed by atoms with van der Waals surface area (Å²) in [5.41, 5.74) is 2.86. The molecule has 1 amide bonds. The van der Waals surface area contributed by atoms with E-state index in [1.807, 2.05) is 48.2 Å². The van der Waals surface area contributed by atoms with E-state index >= 15 is 0 Å². The number of carbonyl (C=O) groups is 1. The van der Waals surface area contributed by atoms with Crippen molar-refractivity contribution < 1.29 is 4.79 Å². The smallest absolute Gasteiger partial charge is 0.255 e. The highest BCUT2D eigenvalue weighted by Gasteiger charge is 2.29. The number of aryl methyl sites for hydroxylation is 1. The van der Waals surface area contributed by atoms with Crippen molar-refractivity contribution in [2.24, 2.45) is 0 Å². The number of pyridine rings is 1. The summed E-state index contributed by atoms with van der Waals surface area (Å²) in [6.07, 6.45) is 4.12. The summed E-state index contributed by atoms with van der Waals surface area (Å²) >= 11 is 6.28. The molecule has 28 heavy (non-hydrogen) atoms. The van der Waals surface area contributed by atoms with Gasteiger partial charge in [0.1, 0.15) is 0 Å². The summed E-state index contributed by atoms with van der Waals surface area (Å²) in [6.45, 7) is 2.28. The van der Waals surface area contributed by atoms with Crippen molar-refractivity contribution in [3.05, 3.63) is 80.6 Å². The van der Waals surface area contributed by atoms with Crippen LogP contribution in [0.1, 0.15) is 47.2 Å². The van der Waals surface area contributed by atoms with Crippen LogP contribution in [0.3, 0.4) is 0 Å². The molecule has 4 nitrogen and oxygen atoms in total. The number of fused-ring (bicyclic) bond motifs is 1. The SMILES string of the molecule is Cc1ccc2cc(CN(C(=O)c3ccccc3Cl)C3CCCC3)c(=O)[nH]c2c1. The van der Waals surface area contributed by atoms with E-state index in [4.69, 9.17) is 11.6 Å². The van der Waals surface area contributed by atoms with Gasteiger partial charge in [0.15, 0.2) is 0 Å². The van der Waals surface area contributed by atoms with E-state index in [2.05, 4.69) is 4.98 Å². The number of nitrogens with one attached hydrogen (secondary N) is 1. The van der Waals surface area contributed by atoms with Crippen molar-refractivity contribution >= 4 is 28.4 Å². The molecular weight excluding hydrogens is 372 g/mol. The summed E-state index contributed by atoms with van der Waals surface area (Å²) in [5, 5.41) is 1.41. The fourth-order valence-corrected chi connectivity index (χ4v) is 4.25. The maximum absolute atomic E-state index is 13.3. The van der Waals surface area contributed by atoms with Gasteiger partial charge >= 0.3 is 0 Å². The predicted octanol–water partition coefficient (Wildman–Crippen LogP) is 5.07. The van der Waals surface area contributed by atoms with Crippen LogP contribution >= 0.6 is 11.6 Å². The van der Waals surface area contributed by atoms with Crippen LogP contribution in [-0.2, 0) is 6.54 Å². The molecule has 3 aromatic rings. The molecule has 0 atom stereocenters. The molecule has 0 bridgehead atoms. The van der Waals surface area contributed by atoms with Gasteiger partial charge in [-0.1, -0.05) is 48.7 Å². The molecule has 0 spiro atoms. The normalized spacial score (nSPS) is 14.5. The summed E-state index contributed by atoms with van der Waals surface area (Å²) < 4.78 is 0. The Labute approximate surface area is 169 Å². The van der Waals surface area contributed by atoms with Crippen LogP contribution in [0.2, 0.25) is 5.02 Å². The van der Waals surface area contributed by atoms with Gasteiger partial charge in [-0.15, -0.1) is 0 Å². The van der Waals surface area contributed by atoms with E-state index in [1.54, 1.807) is 12.1 Å². The van der Waals surface area contributed by atoms with E-state index in [0.717, 1.165) is 42.1 Å². The van der Waals surface area contributed by atoms with Crippen LogP contribution in [0.15, 0.2) is 53.3 Å². The van der Waals surface area contributed by atoms with Crippen LogP contribution in [0.5, 0.6) is 0 Å². The van der Waals surface area contributed by atoms with Gasteiger partial charge in [-0.25, -0.2) is 0 Å². The second kappa shape index (κ2) is 7.80. The van der Waals surface area contributed by atoms with Crippen molar-refractivity contribution in [2.75, 3.05) is 0 Å². The molecular formula is C23H23ClN2O2. The minimum Gasteiger partial charge on any atom is -0.331 e. The van der Waals surface area contributed by atoms with Gasteiger partial charge in [-0.3, -0.25) is 9.59 Å². The fourth-order valence-electron chi connectivity index (χ4n) is 4.03. The van der Waals surface area contributed by atoms with Gasteiger partial charge in [-0.05, 0) is 55.0 Å². The molecule has 0 radical (unpaired) electrons. The lowest BCUT2D eigenvalue weighted by Gasteiger charge is -2.29. The van der Waals surface area contributed by atoms with Gasteiger partial charge in [0.2, 0.25) is 0 Å². The molecule has 0 unspecified atom stereocenters. The molecule has 1 heterocycles. The Morgan fingerprint density at radius 1 is 1.14 bits per heavy atom. The van der Waals surface area contributed by atoms with Gasteiger partial charge in [0, 0.05) is 17.1 Å². The quantitative estimate of drug-likeness (QED) is 0.671. The third-order valence-corrected chi connectivity index (χ3v) is 5.88. The zero-order chi connectivity index (χ0) is 19.7. The number of aromatic amines is 1. The Morgan fingerprint density at radius 2 is 1.89 bits per heavy atom. The van der Waals surface area contributed by atoms with Crippen molar-refractivity contribution in [3.63, 3.8) is 0 Å². The van der Waals surface area contributed by atoms with Crippen molar-refractivity contribution in [2.45, 2.75) is 45.2 Å². The Hall–Kier alpha value is -2.59. The van der Waals surface area contributed by atoms with Gasteiger partial charge in [0.25, 0.3) is 11.5 Å². The van der Waals surface area contributed by atoms with Gasteiger partial charge in [-0.2, -0.15) is 0 Å². The monoisotopic (exact) mass is 394 g/mol. The maximum atomic E-state index is 13.3. The van der Waals surface area contributed by atoms with Crippen LogP contribution in [0, 0.1) is 6.92 Å². The predicted molar refractivity (Wildman–Crippen MR) is 113 cm³/mol. The van der Waals surface area contributed by atoms with Crippen LogP contribution in [0.25, 0.3) is 10.9 Å². The lowest BCUT2D eigenvalue weighted by molar-refractivity contribution is 0.0664. The first-order valence-corrected chi connectivity index (χ1v) is 10.1. The zero-order valence-electron chi connectivity index (χ0n) is 15.9. The summed E-state index contributed by atoms with van der Waals surface area (Å²) in [7, 11) is 0. The summed E-state index contributed by atoms with van der Waals surface area (Å²) in [5.74, 6) is -0.110. The maximum Gasteiger partial charge on any atom is 0.255 e. The lowest BCUT2D eigenvalue weighted by Crippen LogP contribution is -2.39. The molecule has 1 aliphatic carbocycles. The Kier molecular flexibility index (Phi) is 5.23. The summed E-state index contributed by atoms with van der Waals surface area (Å²) in [4.78, 5) is 30.8. The number of H-pyrrole nitrogens is 1. The topological polar surface area (TPSA) is 53.2 Å². The molecule has 1 fully saturated rings. The first-order valence-electron chi connectivity index (χ1n) is 9.71. The number of carbonyl (C=O) groups excluding carboxylic acids is 1. The standard InChI is InChI=1S/C23H23ClN2O2/c1-15-10-11-16-13-17(22(27)25-21(16)12-15)14-26(18-6-2-3-7-18)23(28)19-8-4-5-9-20(19)24/h4-5,8-13,18H,2-3,6-7,14H2,1H3,(H,25,27). The molecule has 144 valence electrons. The first-order chi connectivity index (χ1) is 13.5. The third kappa shape index (κ3) is 3.69. The Morgan fingerprint density at radius 3 is 2.64 bits per heavy atom. The van der Waals surface area contributed by atoms with Gasteiger partial charge in [0.05, 0.1) is 17.1 Å². The fraction of sp³-hybridized carbons (Fsp3) is 0.304.